The number of benzene rings is 3. The molecule has 0 radical (unpaired) electrons. The lowest BCUT2D eigenvalue weighted by molar-refractivity contribution is 0.572. The molecule has 2 atom stereocenters. The molecule has 2 nitrogen and oxygen atoms in total. The van der Waals surface area contributed by atoms with Crippen LogP contribution in [0.4, 0.5) is 0 Å². The van der Waals surface area contributed by atoms with Gasteiger partial charge in [-0.1, -0.05) is 104 Å². The predicted octanol–water partition coefficient (Wildman–Crippen LogP) is 6.16. The second-order valence-electron chi connectivity index (χ2n) is 6.73. The van der Waals surface area contributed by atoms with Crippen LogP contribution < -0.4 is 5.32 Å². The number of aryl methyl sites for hydroxylation is 2. The van der Waals surface area contributed by atoms with Gasteiger partial charge in [-0.25, -0.2) is 0 Å². The Morgan fingerprint density at radius 1 is 0.667 bits per heavy atom. The Bertz CT molecular complexity index is 878. The first kappa shape index (κ1) is 18.9. The van der Waals surface area contributed by atoms with Crippen LogP contribution in [0.25, 0.3) is 0 Å². The lowest BCUT2D eigenvalue weighted by Crippen LogP contribution is -2.25. The van der Waals surface area contributed by atoms with Crippen molar-refractivity contribution in [2.75, 3.05) is 0 Å². The van der Waals surface area contributed by atoms with E-state index in [1.165, 1.54) is 22.3 Å². The molecule has 1 N–H and O–H groups in total. The Balaban J connectivity index is 0.00000102. The summed E-state index contributed by atoms with van der Waals surface area (Å²) in [4.78, 5) is 5.04. The third kappa shape index (κ3) is 4.28. The SMILES string of the molecule is CC.Cc1ccc([C@H]2N=C(c3ccccc3)N[C@H]2c2ccc(C)cc2)cc1. The molecule has 0 fully saturated rings. The summed E-state index contributed by atoms with van der Waals surface area (Å²) in [6.07, 6.45) is 0. The molecule has 1 heterocycles. The van der Waals surface area contributed by atoms with Crippen LogP contribution in [-0.2, 0) is 0 Å². The van der Waals surface area contributed by atoms with Gasteiger partial charge in [-0.3, -0.25) is 4.99 Å². The van der Waals surface area contributed by atoms with E-state index >= 15 is 0 Å². The topological polar surface area (TPSA) is 24.4 Å². The van der Waals surface area contributed by atoms with Gasteiger partial charge in [-0.2, -0.15) is 0 Å². The van der Waals surface area contributed by atoms with E-state index in [0.717, 1.165) is 11.4 Å². The minimum atomic E-state index is 0.0820. The van der Waals surface area contributed by atoms with Crippen molar-refractivity contribution < 1.29 is 0 Å². The van der Waals surface area contributed by atoms with Crippen LogP contribution in [-0.4, -0.2) is 5.84 Å². The van der Waals surface area contributed by atoms with Crippen molar-refractivity contribution in [3.05, 3.63) is 107 Å². The highest BCUT2D eigenvalue weighted by Gasteiger charge is 2.31. The van der Waals surface area contributed by atoms with Gasteiger partial charge in [0, 0.05) is 5.56 Å². The van der Waals surface area contributed by atoms with E-state index in [0.29, 0.717) is 0 Å². The Morgan fingerprint density at radius 3 is 1.74 bits per heavy atom. The van der Waals surface area contributed by atoms with E-state index < -0.39 is 0 Å². The van der Waals surface area contributed by atoms with Crippen molar-refractivity contribution in [2.45, 2.75) is 39.8 Å². The van der Waals surface area contributed by atoms with Crippen molar-refractivity contribution >= 4 is 5.84 Å². The Kier molecular flexibility index (Phi) is 6.08. The molecule has 0 bridgehead atoms. The van der Waals surface area contributed by atoms with Crippen LogP contribution in [0.15, 0.2) is 83.9 Å². The highest BCUT2D eigenvalue weighted by molar-refractivity contribution is 6.00. The van der Waals surface area contributed by atoms with Crippen molar-refractivity contribution in [3.8, 4) is 0 Å². The lowest BCUT2D eigenvalue weighted by atomic mass is 9.94. The van der Waals surface area contributed by atoms with E-state index in [9.17, 15) is 0 Å². The predicted molar refractivity (Wildman–Crippen MR) is 115 cm³/mol. The van der Waals surface area contributed by atoms with E-state index in [-0.39, 0.29) is 12.1 Å². The van der Waals surface area contributed by atoms with E-state index in [1.807, 2.05) is 19.9 Å². The molecule has 27 heavy (non-hydrogen) atoms. The minimum absolute atomic E-state index is 0.0820. The molecule has 0 aromatic heterocycles. The fraction of sp³-hybridized carbons (Fsp3) is 0.240. The van der Waals surface area contributed by atoms with Gasteiger partial charge in [0.25, 0.3) is 0 Å². The minimum Gasteiger partial charge on any atom is -0.361 e. The van der Waals surface area contributed by atoms with Crippen LogP contribution in [0.5, 0.6) is 0 Å². The van der Waals surface area contributed by atoms with E-state index in [1.54, 1.807) is 0 Å². The molecule has 0 saturated heterocycles. The zero-order valence-corrected chi connectivity index (χ0v) is 16.6. The van der Waals surface area contributed by atoms with Crippen LogP contribution in [0.2, 0.25) is 0 Å². The Morgan fingerprint density at radius 2 is 1.19 bits per heavy atom. The summed E-state index contributed by atoms with van der Waals surface area (Å²) in [5.41, 5.74) is 6.20. The Labute approximate surface area is 163 Å². The van der Waals surface area contributed by atoms with Crippen LogP contribution in [0, 0.1) is 13.8 Å². The van der Waals surface area contributed by atoms with Gasteiger partial charge in [-0.05, 0) is 25.0 Å². The zero-order chi connectivity index (χ0) is 19.2. The fourth-order valence-electron chi connectivity index (χ4n) is 3.30. The first-order valence-corrected chi connectivity index (χ1v) is 9.73. The van der Waals surface area contributed by atoms with Crippen molar-refractivity contribution in [3.63, 3.8) is 0 Å². The first-order chi connectivity index (χ1) is 13.2. The van der Waals surface area contributed by atoms with Gasteiger partial charge in [0.05, 0.1) is 6.04 Å². The number of amidine groups is 1. The van der Waals surface area contributed by atoms with Gasteiger partial charge < -0.3 is 5.32 Å². The fourth-order valence-corrected chi connectivity index (χ4v) is 3.30. The molecule has 3 aromatic carbocycles. The molecule has 4 rings (SSSR count). The maximum Gasteiger partial charge on any atom is 0.129 e. The number of nitrogens with one attached hydrogen (secondary N) is 1. The Hall–Kier alpha value is -2.87. The van der Waals surface area contributed by atoms with Crippen molar-refractivity contribution in [1.82, 2.24) is 5.32 Å². The van der Waals surface area contributed by atoms with Gasteiger partial charge in [0.1, 0.15) is 11.9 Å². The average molecular weight is 357 g/mol. The highest BCUT2D eigenvalue weighted by atomic mass is 15.1. The third-order valence-electron chi connectivity index (χ3n) is 4.78. The first-order valence-electron chi connectivity index (χ1n) is 9.73. The van der Waals surface area contributed by atoms with Crippen LogP contribution in [0.3, 0.4) is 0 Å². The number of aliphatic imine (C=N–C) groups is 1. The molecule has 0 amide bonds. The summed E-state index contributed by atoms with van der Waals surface area (Å²) in [6, 6.07) is 28.1. The number of nitrogens with zero attached hydrogens (tertiary/aromatic N) is 1. The zero-order valence-electron chi connectivity index (χ0n) is 16.6. The molecule has 0 aliphatic carbocycles. The van der Waals surface area contributed by atoms with Gasteiger partial charge in [0.15, 0.2) is 0 Å². The molecule has 138 valence electrons. The summed E-state index contributed by atoms with van der Waals surface area (Å²) >= 11 is 0. The number of rotatable bonds is 3. The number of hydrogen-bond acceptors (Lipinski definition) is 2. The molecule has 1 aliphatic heterocycles. The van der Waals surface area contributed by atoms with E-state index in [4.69, 9.17) is 4.99 Å². The molecule has 1 aliphatic rings. The van der Waals surface area contributed by atoms with Crippen molar-refractivity contribution in [2.24, 2.45) is 4.99 Å². The summed E-state index contributed by atoms with van der Waals surface area (Å²) in [7, 11) is 0. The molecular formula is C25H28N2. The molecular weight excluding hydrogens is 328 g/mol. The summed E-state index contributed by atoms with van der Waals surface area (Å²) in [5.74, 6) is 0.969. The molecule has 0 unspecified atom stereocenters. The highest BCUT2D eigenvalue weighted by Crippen LogP contribution is 2.37. The van der Waals surface area contributed by atoms with Gasteiger partial charge in [0.2, 0.25) is 0 Å². The monoisotopic (exact) mass is 356 g/mol. The van der Waals surface area contributed by atoms with Gasteiger partial charge in [-0.15, -0.1) is 0 Å². The van der Waals surface area contributed by atoms with Gasteiger partial charge >= 0.3 is 0 Å². The molecule has 3 aromatic rings. The quantitative estimate of drug-likeness (QED) is 0.597. The molecule has 0 saturated carbocycles. The maximum absolute atomic E-state index is 5.04. The number of hydrogen-bond donors (Lipinski definition) is 1. The van der Waals surface area contributed by atoms with Crippen LogP contribution in [0.1, 0.15) is 53.7 Å². The molecule has 2 heteroatoms. The summed E-state index contributed by atoms with van der Waals surface area (Å²) < 4.78 is 0. The van der Waals surface area contributed by atoms with Crippen molar-refractivity contribution in [1.29, 1.82) is 0 Å². The lowest BCUT2D eigenvalue weighted by Gasteiger charge is -2.20. The second-order valence-corrected chi connectivity index (χ2v) is 6.73. The van der Waals surface area contributed by atoms with Crippen LogP contribution >= 0.6 is 0 Å². The largest absolute Gasteiger partial charge is 0.361 e. The average Bonchev–Trinajstić information content (AvgIpc) is 3.17. The second kappa shape index (κ2) is 8.68. The summed E-state index contributed by atoms with van der Waals surface area (Å²) in [6.45, 7) is 8.24. The maximum atomic E-state index is 5.04. The molecule has 0 spiro atoms. The summed E-state index contributed by atoms with van der Waals surface area (Å²) in [5, 5.41) is 3.66. The third-order valence-corrected chi connectivity index (χ3v) is 4.78. The normalized spacial score (nSPS) is 18.1. The smallest absolute Gasteiger partial charge is 0.129 e. The van der Waals surface area contributed by atoms with E-state index in [2.05, 4.69) is 92.0 Å². The standard InChI is InChI=1S/C23H22N2.C2H6/c1-16-8-12-18(13-9-16)21-22(19-14-10-17(2)11-15-19)25-23(24-21)20-6-4-3-5-7-20;1-2/h3-15,21-22H,1-2H3,(H,24,25);1-2H3/t21-,22+;.